The number of carbonyl (C=O) groups excluding carboxylic acids is 2. The highest BCUT2D eigenvalue weighted by Gasteiger charge is 2.59. The maximum absolute atomic E-state index is 14.9. The Morgan fingerprint density at radius 1 is 0.929 bits per heavy atom. The number of carbonyl (C=O) groups is 3. The van der Waals surface area contributed by atoms with Crippen molar-refractivity contribution in [3.05, 3.63) is 70.8 Å². The van der Waals surface area contributed by atoms with Crippen LogP contribution in [0.5, 0.6) is 5.75 Å². The number of nitrogens with zero attached hydrogens (tertiary/aromatic N) is 6. The zero-order valence-corrected chi connectivity index (χ0v) is 33.1. The number of hydrogen-bond donors (Lipinski definition) is 2. The summed E-state index contributed by atoms with van der Waals surface area (Å²) in [6.45, 7) is 11.9. The van der Waals surface area contributed by atoms with Gasteiger partial charge in [-0.15, -0.1) is 0 Å². The molecule has 1 aromatic heterocycles. The Hall–Kier alpha value is -4.51. The molecule has 5 fully saturated rings. The summed E-state index contributed by atoms with van der Waals surface area (Å²) in [5.41, 5.74) is 3.13. The van der Waals surface area contributed by atoms with Crippen LogP contribution in [0.25, 0.3) is 0 Å². The zero-order chi connectivity index (χ0) is 38.9. The van der Waals surface area contributed by atoms with Crippen LogP contribution >= 0.6 is 0 Å². The molecule has 0 radical (unpaired) electrons. The lowest BCUT2D eigenvalue weighted by Gasteiger charge is -2.52. The van der Waals surface area contributed by atoms with Gasteiger partial charge in [0.25, 0.3) is 0 Å². The summed E-state index contributed by atoms with van der Waals surface area (Å²) in [4.78, 5) is 58.5. The van der Waals surface area contributed by atoms with E-state index in [1.54, 1.807) is 18.2 Å². The fourth-order valence-electron chi connectivity index (χ4n) is 12.2. The number of anilines is 3. The number of piperazine rings is 1. The number of carboxylic acid groups (broad SMARTS) is 1. The largest absolute Gasteiger partial charge is 0.502 e. The molecule has 2 N–H and O–H groups in total. The second-order valence-corrected chi connectivity index (χ2v) is 18.1. The number of aromatic hydroxyl groups is 1. The summed E-state index contributed by atoms with van der Waals surface area (Å²) in [5, 5.41) is 22.2. The molecule has 4 heterocycles. The van der Waals surface area contributed by atoms with Crippen molar-refractivity contribution in [1.82, 2.24) is 14.9 Å². The van der Waals surface area contributed by atoms with Crippen molar-refractivity contribution in [2.24, 2.45) is 34.5 Å². The van der Waals surface area contributed by atoms with E-state index in [4.69, 9.17) is 9.97 Å². The van der Waals surface area contributed by atoms with Crippen LogP contribution in [0, 0.1) is 34.5 Å². The van der Waals surface area contributed by atoms with Gasteiger partial charge in [-0.3, -0.25) is 14.5 Å². The number of ketones is 2. The van der Waals surface area contributed by atoms with Gasteiger partial charge < -0.3 is 24.9 Å². The number of rotatable bonds is 8. The lowest BCUT2D eigenvalue weighted by Crippen LogP contribution is -2.52. The van der Waals surface area contributed by atoms with Crippen LogP contribution in [0.15, 0.2) is 59.7 Å². The highest BCUT2D eigenvalue weighted by Crippen LogP contribution is 2.65. The molecule has 7 atom stereocenters. The fourth-order valence-corrected chi connectivity index (χ4v) is 12.2. The Kier molecular flexibility index (Phi) is 9.37. The molecular formula is C45H56N6O5. The number of aromatic carboxylic acids is 1. The van der Waals surface area contributed by atoms with Gasteiger partial charge in [0.15, 0.2) is 23.2 Å². The van der Waals surface area contributed by atoms with Crippen molar-refractivity contribution in [3.63, 3.8) is 0 Å². The van der Waals surface area contributed by atoms with Crippen molar-refractivity contribution in [2.45, 2.75) is 78.2 Å². The maximum Gasteiger partial charge on any atom is 0.336 e. The van der Waals surface area contributed by atoms with Gasteiger partial charge >= 0.3 is 5.97 Å². The first-order valence-electron chi connectivity index (χ1n) is 21.1. The topological polar surface area (TPSA) is 130 Å². The molecule has 11 heteroatoms. The maximum atomic E-state index is 14.9. The minimum atomic E-state index is -0.998. The average molecular weight is 761 g/mol. The molecule has 9 rings (SSSR count). The van der Waals surface area contributed by atoms with Crippen LogP contribution < -0.4 is 14.7 Å². The van der Waals surface area contributed by atoms with Crippen LogP contribution in [0.3, 0.4) is 0 Å². The molecule has 2 saturated carbocycles. The fraction of sp³-hybridized carbons (Fsp3) is 0.578. The molecule has 0 spiro atoms. The number of carboxylic acids is 1. The summed E-state index contributed by atoms with van der Waals surface area (Å²) in [5.74, 6) is 1.93. The quantitative estimate of drug-likeness (QED) is 0.282. The van der Waals surface area contributed by atoms with Crippen LogP contribution in [0.1, 0.15) is 94.1 Å². The molecule has 11 nitrogen and oxygen atoms in total. The minimum absolute atomic E-state index is 0.0719. The Morgan fingerprint density at radius 3 is 2.36 bits per heavy atom. The standard InChI is InChI=1S/C45H56N6O5/c1-28-24-35-33-13-12-29-25-30(52)14-16-44(29,2)34(33)15-17-45(35,3)38(28)37(53)27-50-22-23-51(26-36(50)31-10-4-5-11-32(31)42(55)56)41-39(54)40(48-18-6-7-19-48)46-43(47-41)49-20-8-9-21-49/h4-5,10-11,14-16,25,28,33,35-36,38,54H,6-9,12-13,17-24,26-27H2,1-3H3,(H,55,56)/t28-,33?,35?,36?,38-,44+,45+/m1/s1. The molecule has 56 heavy (non-hydrogen) atoms. The summed E-state index contributed by atoms with van der Waals surface area (Å²) in [6.07, 6.45) is 16.1. The molecule has 4 aliphatic carbocycles. The van der Waals surface area contributed by atoms with Crippen LogP contribution in [0.4, 0.5) is 17.6 Å². The molecule has 296 valence electrons. The van der Waals surface area contributed by atoms with Gasteiger partial charge in [-0.1, -0.05) is 55.3 Å². The van der Waals surface area contributed by atoms with Crippen molar-refractivity contribution in [1.29, 1.82) is 0 Å². The monoisotopic (exact) mass is 760 g/mol. The van der Waals surface area contributed by atoms with E-state index >= 15 is 0 Å². The molecule has 7 aliphatic rings. The van der Waals surface area contributed by atoms with E-state index < -0.39 is 12.0 Å². The van der Waals surface area contributed by atoms with E-state index in [0.717, 1.165) is 77.5 Å². The molecular weight excluding hydrogens is 705 g/mol. The Labute approximate surface area is 330 Å². The van der Waals surface area contributed by atoms with Gasteiger partial charge in [0.05, 0.1) is 18.2 Å². The summed E-state index contributed by atoms with van der Waals surface area (Å²) >= 11 is 0. The summed E-state index contributed by atoms with van der Waals surface area (Å²) in [7, 11) is 0. The Balaban J connectivity index is 1.02. The minimum Gasteiger partial charge on any atom is -0.502 e. The molecule has 0 bridgehead atoms. The second kappa shape index (κ2) is 14.1. The van der Waals surface area contributed by atoms with Gasteiger partial charge in [0.2, 0.25) is 11.7 Å². The zero-order valence-electron chi connectivity index (χ0n) is 33.1. The second-order valence-electron chi connectivity index (χ2n) is 18.1. The number of allylic oxidation sites excluding steroid dienone is 6. The molecule has 0 amide bonds. The predicted molar refractivity (Wildman–Crippen MR) is 216 cm³/mol. The van der Waals surface area contributed by atoms with Gasteiger partial charge in [-0.2, -0.15) is 9.97 Å². The van der Waals surface area contributed by atoms with E-state index in [2.05, 4.69) is 52.5 Å². The molecule has 3 aliphatic heterocycles. The highest BCUT2D eigenvalue weighted by atomic mass is 16.4. The number of hydrogen-bond acceptors (Lipinski definition) is 10. The normalized spacial score (nSPS) is 32.9. The number of fused-ring (bicyclic) bond motifs is 5. The number of aromatic nitrogens is 2. The summed E-state index contributed by atoms with van der Waals surface area (Å²) < 4.78 is 0. The van der Waals surface area contributed by atoms with E-state index in [1.165, 1.54) is 11.1 Å². The summed E-state index contributed by atoms with van der Waals surface area (Å²) in [6, 6.07) is 6.74. The molecule has 1 aromatic carbocycles. The van der Waals surface area contributed by atoms with Crippen molar-refractivity contribution < 1.29 is 24.6 Å². The smallest absolute Gasteiger partial charge is 0.336 e. The van der Waals surface area contributed by atoms with Crippen LogP contribution in [0.2, 0.25) is 0 Å². The first kappa shape index (κ1) is 37.1. The first-order valence-corrected chi connectivity index (χ1v) is 21.1. The Bertz CT molecular complexity index is 2030. The van der Waals surface area contributed by atoms with E-state index in [-0.39, 0.29) is 52.1 Å². The van der Waals surface area contributed by atoms with Crippen molar-refractivity contribution in [3.8, 4) is 5.75 Å². The van der Waals surface area contributed by atoms with Gasteiger partial charge in [0.1, 0.15) is 0 Å². The first-order chi connectivity index (χ1) is 27.0. The van der Waals surface area contributed by atoms with Gasteiger partial charge in [-0.05, 0) is 105 Å². The van der Waals surface area contributed by atoms with Crippen molar-refractivity contribution >= 4 is 35.1 Å². The highest BCUT2D eigenvalue weighted by molar-refractivity contribution is 6.01. The predicted octanol–water partition coefficient (Wildman–Crippen LogP) is 6.60. The molecule has 3 unspecified atom stereocenters. The molecule has 3 saturated heterocycles. The van der Waals surface area contributed by atoms with Crippen LogP contribution in [-0.2, 0) is 9.59 Å². The van der Waals surface area contributed by atoms with Crippen LogP contribution in [-0.4, -0.2) is 95.0 Å². The lowest BCUT2D eigenvalue weighted by molar-refractivity contribution is -0.130. The molecule has 2 aromatic rings. The van der Waals surface area contributed by atoms with Crippen molar-refractivity contribution in [2.75, 3.05) is 67.1 Å². The van der Waals surface area contributed by atoms with Gasteiger partial charge in [-0.25, -0.2) is 4.79 Å². The van der Waals surface area contributed by atoms with Gasteiger partial charge in [0, 0.05) is 57.1 Å². The van der Waals surface area contributed by atoms with E-state index in [1.807, 2.05) is 18.2 Å². The SMILES string of the molecule is C[C@@H]1CC2C3CCC4=CC(=O)C=C[C@]4(C)C3=CC[C@]2(C)[C@H]1C(=O)CN1CCN(c2nc(N3CCCC3)nc(N3CCCC3)c2O)CC1c1ccccc1C(=O)O. The third kappa shape index (κ3) is 6.07. The third-order valence-electron chi connectivity index (χ3n) is 15.0. The number of Topliss-reactive ketones (excluding diaryl/α,β-unsaturated/α-hetero) is 1. The van der Waals surface area contributed by atoms with E-state index in [0.29, 0.717) is 54.6 Å². The third-order valence-corrected chi connectivity index (χ3v) is 15.0. The number of benzene rings is 1. The van der Waals surface area contributed by atoms with E-state index in [9.17, 15) is 24.6 Å². The Morgan fingerprint density at radius 2 is 1.62 bits per heavy atom. The average Bonchev–Trinajstić information content (AvgIpc) is 3.97. The lowest BCUT2D eigenvalue weighted by atomic mass is 9.52.